The summed E-state index contributed by atoms with van der Waals surface area (Å²) in [4.78, 5) is 27.0. The van der Waals surface area contributed by atoms with Gasteiger partial charge in [0.15, 0.2) is 0 Å². The zero-order chi connectivity index (χ0) is 19.5. The van der Waals surface area contributed by atoms with Crippen LogP contribution in [0.15, 0.2) is 24.3 Å². The predicted molar refractivity (Wildman–Crippen MR) is 89.5 cm³/mol. The lowest BCUT2D eigenvalue weighted by Gasteiger charge is -2.31. The fourth-order valence-corrected chi connectivity index (χ4v) is 3.24. The molecule has 1 aromatic rings. The van der Waals surface area contributed by atoms with Crippen molar-refractivity contribution in [3.05, 3.63) is 29.8 Å². The summed E-state index contributed by atoms with van der Waals surface area (Å²) in [6.45, 7) is 2.53. The lowest BCUT2D eigenvalue weighted by atomic mass is 10.0. The van der Waals surface area contributed by atoms with Crippen molar-refractivity contribution in [1.82, 2.24) is 9.80 Å². The summed E-state index contributed by atoms with van der Waals surface area (Å²) < 4.78 is 42.9. The van der Waals surface area contributed by atoms with Crippen LogP contribution in [0.3, 0.4) is 0 Å². The normalized spacial score (nSPS) is 18.8. The number of hydrogen-bond acceptors (Lipinski definition) is 3. The van der Waals surface area contributed by atoms with Crippen LogP contribution in [-0.4, -0.2) is 54.5 Å². The summed E-state index contributed by atoms with van der Waals surface area (Å²) >= 11 is 0. The van der Waals surface area contributed by atoms with Crippen molar-refractivity contribution in [2.24, 2.45) is 5.92 Å². The van der Waals surface area contributed by atoms with E-state index in [1.807, 2.05) is 25.1 Å². The highest BCUT2D eigenvalue weighted by atomic mass is 19.4. The van der Waals surface area contributed by atoms with Crippen LogP contribution >= 0.6 is 0 Å². The number of carbonyl (C=O) groups is 2. The standard InChI is InChI=1S/C18H23F3N2O3/c1-4-23(12(2)13-6-5-7-15(8-13)26-3)17(25)14-9-16(24)22(10-14)11-18(19,20)21/h5-8,12,14H,4,9-11H2,1-3H3. The van der Waals surface area contributed by atoms with Gasteiger partial charge >= 0.3 is 6.18 Å². The van der Waals surface area contributed by atoms with Crippen LogP contribution in [0, 0.1) is 5.92 Å². The van der Waals surface area contributed by atoms with Gasteiger partial charge in [-0.05, 0) is 31.5 Å². The number of alkyl halides is 3. The van der Waals surface area contributed by atoms with Crippen molar-refractivity contribution in [2.75, 3.05) is 26.7 Å². The minimum Gasteiger partial charge on any atom is -0.497 e. The zero-order valence-electron chi connectivity index (χ0n) is 15.0. The first-order chi connectivity index (χ1) is 12.2. The highest BCUT2D eigenvalue weighted by molar-refractivity contribution is 5.89. The average Bonchev–Trinajstić information content (AvgIpc) is 2.94. The van der Waals surface area contributed by atoms with E-state index in [0.717, 1.165) is 5.56 Å². The van der Waals surface area contributed by atoms with Crippen LogP contribution in [0.1, 0.15) is 31.9 Å². The summed E-state index contributed by atoms with van der Waals surface area (Å²) in [5.41, 5.74) is 0.857. The number of methoxy groups -OCH3 is 1. The molecule has 0 radical (unpaired) electrons. The highest BCUT2D eigenvalue weighted by Crippen LogP contribution is 2.29. The van der Waals surface area contributed by atoms with Crippen molar-refractivity contribution in [2.45, 2.75) is 32.5 Å². The lowest BCUT2D eigenvalue weighted by molar-refractivity contribution is -0.157. The first kappa shape index (κ1) is 20.1. The van der Waals surface area contributed by atoms with E-state index in [2.05, 4.69) is 0 Å². The van der Waals surface area contributed by atoms with Crippen molar-refractivity contribution in [3.63, 3.8) is 0 Å². The molecule has 2 atom stereocenters. The van der Waals surface area contributed by atoms with E-state index in [1.54, 1.807) is 25.0 Å². The molecule has 0 aromatic heterocycles. The maximum Gasteiger partial charge on any atom is 0.406 e. The SMILES string of the molecule is CCN(C(=O)C1CC(=O)N(CC(F)(F)F)C1)C(C)c1cccc(OC)c1. The van der Waals surface area contributed by atoms with E-state index in [-0.39, 0.29) is 24.9 Å². The van der Waals surface area contributed by atoms with Crippen molar-refractivity contribution < 1.29 is 27.5 Å². The second-order valence-corrected chi connectivity index (χ2v) is 6.37. The van der Waals surface area contributed by atoms with E-state index in [1.165, 1.54) is 0 Å². The zero-order valence-corrected chi connectivity index (χ0v) is 15.0. The second-order valence-electron chi connectivity index (χ2n) is 6.37. The van der Waals surface area contributed by atoms with Gasteiger partial charge in [-0.15, -0.1) is 0 Å². The van der Waals surface area contributed by atoms with Gasteiger partial charge in [0, 0.05) is 19.5 Å². The number of benzene rings is 1. The molecule has 2 rings (SSSR count). The van der Waals surface area contributed by atoms with Gasteiger partial charge < -0.3 is 14.5 Å². The van der Waals surface area contributed by atoms with Crippen LogP contribution in [0.5, 0.6) is 5.75 Å². The Kier molecular flexibility index (Phi) is 6.15. The molecule has 0 N–H and O–H groups in total. The van der Waals surface area contributed by atoms with Crippen molar-refractivity contribution in [1.29, 1.82) is 0 Å². The Bertz CT molecular complexity index is 663. The number of ether oxygens (including phenoxy) is 1. The average molecular weight is 372 g/mol. The van der Waals surface area contributed by atoms with Gasteiger partial charge in [0.05, 0.1) is 19.1 Å². The van der Waals surface area contributed by atoms with E-state index in [4.69, 9.17) is 4.74 Å². The molecule has 2 unspecified atom stereocenters. The third-order valence-corrected chi connectivity index (χ3v) is 4.60. The molecule has 0 saturated carbocycles. The van der Waals surface area contributed by atoms with Gasteiger partial charge in [-0.2, -0.15) is 13.2 Å². The largest absolute Gasteiger partial charge is 0.497 e. The van der Waals surface area contributed by atoms with Gasteiger partial charge in [0.2, 0.25) is 11.8 Å². The molecule has 0 bridgehead atoms. The Morgan fingerprint density at radius 3 is 2.69 bits per heavy atom. The Labute approximate surface area is 150 Å². The number of halogens is 3. The van der Waals surface area contributed by atoms with Crippen LogP contribution in [0.25, 0.3) is 0 Å². The summed E-state index contributed by atoms with van der Waals surface area (Å²) in [5.74, 6) is -1.03. The molecule has 1 saturated heterocycles. The van der Waals surface area contributed by atoms with E-state index >= 15 is 0 Å². The summed E-state index contributed by atoms with van der Waals surface area (Å²) in [5, 5.41) is 0. The number of amides is 2. The molecule has 1 fully saturated rings. The van der Waals surface area contributed by atoms with Crippen LogP contribution < -0.4 is 4.74 Å². The molecule has 2 amide bonds. The molecule has 1 heterocycles. The number of rotatable bonds is 6. The highest BCUT2D eigenvalue weighted by Gasteiger charge is 2.42. The molecule has 0 aliphatic carbocycles. The summed E-state index contributed by atoms with van der Waals surface area (Å²) in [6, 6.07) is 7.00. The van der Waals surface area contributed by atoms with Gasteiger partial charge in [-0.3, -0.25) is 9.59 Å². The smallest absolute Gasteiger partial charge is 0.406 e. The van der Waals surface area contributed by atoms with Crippen molar-refractivity contribution in [3.8, 4) is 5.75 Å². The minimum absolute atomic E-state index is 0.184. The lowest BCUT2D eigenvalue weighted by Crippen LogP contribution is -2.40. The number of nitrogens with zero attached hydrogens (tertiary/aromatic N) is 2. The number of likely N-dealkylation sites (tertiary alicyclic amines) is 1. The van der Waals surface area contributed by atoms with Gasteiger partial charge in [0.1, 0.15) is 12.3 Å². The molecule has 5 nitrogen and oxygen atoms in total. The van der Waals surface area contributed by atoms with Gasteiger partial charge in [-0.1, -0.05) is 12.1 Å². The summed E-state index contributed by atoms with van der Waals surface area (Å²) in [6.07, 6.45) is -4.65. The number of carbonyl (C=O) groups excluding carboxylic acids is 2. The maximum absolute atomic E-state index is 12.8. The van der Waals surface area contributed by atoms with E-state index in [9.17, 15) is 22.8 Å². The first-order valence-electron chi connectivity index (χ1n) is 8.45. The third-order valence-electron chi connectivity index (χ3n) is 4.60. The first-order valence-corrected chi connectivity index (χ1v) is 8.45. The fraction of sp³-hybridized carbons (Fsp3) is 0.556. The number of hydrogen-bond donors (Lipinski definition) is 0. The van der Waals surface area contributed by atoms with E-state index < -0.39 is 24.5 Å². The Morgan fingerprint density at radius 1 is 1.42 bits per heavy atom. The molecule has 26 heavy (non-hydrogen) atoms. The van der Waals surface area contributed by atoms with Crippen LogP contribution in [-0.2, 0) is 9.59 Å². The summed E-state index contributed by atoms with van der Waals surface area (Å²) in [7, 11) is 1.55. The minimum atomic E-state index is -4.47. The van der Waals surface area contributed by atoms with Crippen molar-refractivity contribution >= 4 is 11.8 Å². The molecule has 8 heteroatoms. The monoisotopic (exact) mass is 372 g/mol. The van der Waals surface area contributed by atoms with Gasteiger partial charge in [-0.25, -0.2) is 0 Å². The third kappa shape index (κ3) is 4.68. The molecule has 1 aliphatic rings. The molecular formula is C18H23F3N2O3. The van der Waals surface area contributed by atoms with Gasteiger partial charge in [0.25, 0.3) is 0 Å². The van der Waals surface area contributed by atoms with E-state index in [0.29, 0.717) is 17.2 Å². The molecule has 1 aromatic carbocycles. The molecular weight excluding hydrogens is 349 g/mol. The quantitative estimate of drug-likeness (QED) is 0.771. The predicted octanol–water partition coefficient (Wildman–Crippen LogP) is 3.02. The second kappa shape index (κ2) is 7.97. The maximum atomic E-state index is 12.8. The Hall–Kier alpha value is -2.25. The van der Waals surface area contributed by atoms with Crippen LogP contribution in [0.4, 0.5) is 13.2 Å². The Balaban J connectivity index is 2.12. The fourth-order valence-electron chi connectivity index (χ4n) is 3.24. The molecule has 1 aliphatic heterocycles. The Morgan fingerprint density at radius 2 is 2.12 bits per heavy atom. The molecule has 0 spiro atoms. The topological polar surface area (TPSA) is 49.9 Å². The molecule has 144 valence electrons. The van der Waals surface area contributed by atoms with Crippen LogP contribution in [0.2, 0.25) is 0 Å².